The van der Waals surface area contributed by atoms with Crippen LogP contribution in [-0.4, -0.2) is 29.8 Å². The van der Waals surface area contributed by atoms with Gasteiger partial charge in [-0.2, -0.15) is 0 Å². The smallest absolute Gasteiger partial charge is 0.246 e. The van der Waals surface area contributed by atoms with Gasteiger partial charge in [0.25, 0.3) is 0 Å². The van der Waals surface area contributed by atoms with Crippen LogP contribution < -0.4 is 5.32 Å². The molecule has 1 heterocycles. The Kier molecular flexibility index (Phi) is 6.53. The zero-order chi connectivity index (χ0) is 19.9. The van der Waals surface area contributed by atoms with Crippen LogP contribution in [0.4, 0.5) is 8.78 Å². The van der Waals surface area contributed by atoms with E-state index in [1.54, 1.807) is 35.2 Å². The van der Waals surface area contributed by atoms with E-state index in [9.17, 15) is 18.4 Å². The van der Waals surface area contributed by atoms with Gasteiger partial charge in [-0.1, -0.05) is 24.3 Å². The minimum Gasteiger partial charge on any atom is -0.352 e. The van der Waals surface area contributed by atoms with Crippen molar-refractivity contribution < 1.29 is 18.4 Å². The summed E-state index contributed by atoms with van der Waals surface area (Å²) in [6, 6.07) is 11.9. The van der Waals surface area contributed by atoms with Gasteiger partial charge in [0.1, 0.15) is 11.6 Å². The molecule has 1 fully saturated rings. The molecule has 0 radical (unpaired) electrons. The standard InChI is InChI=1S/C22H22F2N2O2/c23-19-6-1-16(2-7-19)5-10-21(27)26-13-11-18(12-14-26)22(28)25-15-17-3-8-20(24)9-4-17/h1-10,18H,11-15H2,(H,25,28)/b10-5+. The van der Waals surface area contributed by atoms with Gasteiger partial charge in [0.15, 0.2) is 0 Å². The molecule has 28 heavy (non-hydrogen) atoms. The molecule has 6 heteroatoms. The first-order valence-corrected chi connectivity index (χ1v) is 9.26. The van der Waals surface area contributed by atoms with Crippen molar-refractivity contribution in [1.82, 2.24) is 10.2 Å². The van der Waals surface area contributed by atoms with Gasteiger partial charge in [-0.3, -0.25) is 9.59 Å². The molecule has 146 valence electrons. The van der Waals surface area contributed by atoms with E-state index in [2.05, 4.69) is 5.32 Å². The molecular weight excluding hydrogens is 362 g/mol. The molecule has 2 aromatic rings. The van der Waals surface area contributed by atoms with Gasteiger partial charge in [-0.15, -0.1) is 0 Å². The molecule has 1 aliphatic heterocycles. The predicted octanol–water partition coefficient (Wildman–Crippen LogP) is 3.53. The third-order valence-electron chi connectivity index (χ3n) is 4.85. The molecule has 2 aromatic carbocycles. The molecule has 4 nitrogen and oxygen atoms in total. The lowest BCUT2D eigenvalue weighted by Crippen LogP contribution is -2.42. The molecule has 1 saturated heterocycles. The second-order valence-corrected chi connectivity index (χ2v) is 6.83. The predicted molar refractivity (Wildman–Crippen MR) is 103 cm³/mol. The van der Waals surface area contributed by atoms with Crippen LogP contribution in [0.1, 0.15) is 24.0 Å². The second kappa shape index (κ2) is 9.26. The summed E-state index contributed by atoms with van der Waals surface area (Å²) in [5, 5.41) is 2.87. The summed E-state index contributed by atoms with van der Waals surface area (Å²) in [4.78, 5) is 26.3. The van der Waals surface area contributed by atoms with E-state index in [1.165, 1.54) is 30.3 Å². The van der Waals surface area contributed by atoms with Gasteiger partial charge in [0.2, 0.25) is 11.8 Å². The van der Waals surface area contributed by atoms with Crippen molar-refractivity contribution >= 4 is 17.9 Å². The molecule has 3 rings (SSSR count). The van der Waals surface area contributed by atoms with Gasteiger partial charge in [0.05, 0.1) is 0 Å². The number of nitrogens with one attached hydrogen (secondary N) is 1. The van der Waals surface area contributed by atoms with Crippen molar-refractivity contribution in [2.24, 2.45) is 5.92 Å². The minimum absolute atomic E-state index is 0.0433. The molecule has 1 N–H and O–H groups in total. The lowest BCUT2D eigenvalue weighted by atomic mass is 9.95. The average Bonchev–Trinajstić information content (AvgIpc) is 2.72. The Morgan fingerprint density at radius 3 is 2.14 bits per heavy atom. The minimum atomic E-state index is -0.316. The van der Waals surface area contributed by atoms with Crippen molar-refractivity contribution in [3.05, 3.63) is 77.4 Å². The largest absolute Gasteiger partial charge is 0.352 e. The van der Waals surface area contributed by atoms with Crippen LogP contribution in [0.5, 0.6) is 0 Å². The van der Waals surface area contributed by atoms with Crippen LogP contribution in [0.3, 0.4) is 0 Å². The lowest BCUT2D eigenvalue weighted by Gasteiger charge is -2.30. The summed E-state index contributed by atoms with van der Waals surface area (Å²) in [7, 11) is 0. The summed E-state index contributed by atoms with van der Waals surface area (Å²) in [6.07, 6.45) is 4.34. The van der Waals surface area contributed by atoms with Crippen LogP contribution >= 0.6 is 0 Å². The van der Waals surface area contributed by atoms with Crippen molar-refractivity contribution in [1.29, 1.82) is 0 Å². The topological polar surface area (TPSA) is 49.4 Å². The van der Waals surface area contributed by atoms with E-state index in [0.29, 0.717) is 32.5 Å². The Hall–Kier alpha value is -3.02. The fraction of sp³-hybridized carbons (Fsp3) is 0.273. The third-order valence-corrected chi connectivity index (χ3v) is 4.85. The molecule has 0 aromatic heterocycles. The van der Waals surface area contributed by atoms with Crippen LogP contribution in [0.15, 0.2) is 54.6 Å². The number of likely N-dealkylation sites (tertiary alicyclic amines) is 1. The quantitative estimate of drug-likeness (QED) is 0.802. The second-order valence-electron chi connectivity index (χ2n) is 6.83. The van der Waals surface area contributed by atoms with E-state index in [1.807, 2.05) is 0 Å². The zero-order valence-corrected chi connectivity index (χ0v) is 15.4. The molecule has 0 unspecified atom stereocenters. The fourth-order valence-electron chi connectivity index (χ4n) is 3.14. The van der Waals surface area contributed by atoms with Gasteiger partial charge in [0, 0.05) is 31.6 Å². The van der Waals surface area contributed by atoms with Crippen molar-refractivity contribution in [2.75, 3.05) is 13.1 Å². The number of rotatable bonds is 5. The summed E-state index contributed by atoms with van der Waals surface area (Å²) < 4.78 is 25.8. The average molecular weight is 384 g/mol. The monoisotopic (exact) mass is 384 g/mol. The maximum absolute atomic E-state index is 12.9. The van der Waals surface area contributed by atoms with Crippen LogP contribution in [0.2, 0.25) is 0 Å². The molecule has 0 spiro atoms. The molecular formula is C22H22F2N2O2. The van der Waals surface area contributed by atoms with Gasteiger partial charge in [-0.25, -0.2) is 8.78 Å². The van der Waals surface area contributed by atoms with Crippen LogP contribution in [0.25, 0.3) is 6.08 Å². The van der Waals surface area contributed by atoms with Crippen molar-refractivity contribution in [2.45, 2.75) is 19.4 Å². The molecule has 0 saturated carbocycles. The number of carbonyl (C=O) groups excluding carboxylic acids is 2. The highest BCUT2D eigenvalue weighted by molar-refractivity contribution is 5.92. The number of hydrogen-bond donors (Lipinski definition) is 1. The van der Waals surface area contributed by atoms with Crippen molar-refractivity contribution in [3.8, 4) is 0 Å². The summed E-state index contributed by atoms with van der Waals surface area (Å²) in [5.74, 6) is -0.915. The molecule has 0 aliphatic carbocycles. The first-order valence-electron chi connectivity index (χ1n) is 9.26. The van der Waals surface area contributed by atoms with E-state index in [-0.39, 0.29) is 29.4 Å². The Morgan fingerprint density at radius 2 is 1.54 bits per heavy atom. The van der Waals surface area contributed by atoms with Gasteiger partial charge in [-0.05, 0) is 54.3 Å². The SMILES string of the molecule is O=C(NCc1ccc(F)cc1)C1CCN(C(=O)/C=C/c2ccc(F)cc2)CC1. The number of nitrogens with zero attached hydrogens (tertiary/aromatic N) is 1. The summed E-state index contributed by atoms with van der Waals surface area (Å²) >= 11 is 0. The number of benzene rings is 2. The Balaban J connectivity index is 1.44. The summed E-state index contributed by atoms with van der Waals surface area (Å²) in [5.41, 5.74) is 1.60. The molecule has 0 atom stereocenters. The van der Waals surface area contributed by atoms with Crippen LogP contribution in [0, 0.1) is 17.6 Å². The summed E-state index contributed by atoms with van der Waals surface area (Å²) in [6.45, 7) is 1.39. The van der Waals surface area contributed by atoms with Crippen LogP contribution in [-0.2, 0) is 16.1 Å². The van der Waals surface area contributed by atoms with E-state index < -0.39 is 0 Å². The number of piperidine rings is 1. The lowest BCUT2D eigenvalue weighted by molar-refractivity contribution is -0.132. The van der Waals surface area contributed by atoms with E-state index >= 15 is 0 Å². The third kappa shape index (κ3) is 5.49. The number of carbonyl (C=O) groups is 2. The Morgan fingerprint density at radius 1 is 0.964 bits per heavy atom. The van der Waals surface area contributed by atoms with E-state index in [4.69, 9.17) is 0 Å². The normalized spacial score (nSPS) is 15.0. The van der Waals surface area contributed by atoms with Gasteiger partial charge < -0.3 is 10.2 Å². The molecule has 1 aliphatic rings. The fourth-order valence-corrected chi connectivity index (χ4v) is 3.14. The highest BCUT2D eigenvalue weighted by Gasteiger charge is 2.26. The maximum Gasteiger partial charge on any atom is 0.246 e. The van der Waals surface area contributed by atoms with Crippen molar-refractivity contribution in [3.63, 3.8) is 0 Å². The molecule has 0 bridgehead atoms. The maximum atomic E-state index is 12.9. The number of amides is 2. The first kappa shape index (κ1) is 19.7. The highest BCUT2D eigenvalue weighted by atomic mass is 19.1. The number of halogens is 2. The Labute approximate surface area is 162 Å². The van der Waals surface area contributed by atoms with Gasteiger partial charge >= 0.3 is 0 Å². The van der Waals surface area contributed by atoms with E-state index in [0.717, 1.165) is 11.1 Å². The Bertz CT molecular complexity index is 840. The highest BCUT2D eigenvalue weighted by Crippen LogP contribution is 2.18. The zero-order valence-electron chi connectivity index (χ0n) is 15.4. The number of hydrogen-bond acceptors (Lipinski definition) is 2. The first-order chi connectivity index (χ1) is 13.5. The molecule has 2 amide bonds.